The molecule has 0 saturated carbocycles. The smallest absolute Gasteiger partial charge is 0.407 e. The Balaban J connectivity index is 1.43. The van der Waals surface area contributed by atoms with E-state index in [1.54, 1.807) is 6.20 Å². The van der Waals surface area contributed by atoms with Crippen LogP contribution in [0.1, 0.15) is 17.5 Å². The molecule has 3 atom stereocenters. The second kappa shape index (κ2) is 9.43. The Labute approximate surface area is 180 Å². The molecule has 1 amide bonds. The van der Waals surface area contributed by atoms with Crippen molar-refractivity contribution in [3.8, 4) is 11.3 Å². The molecule has 4 rings (SSSR count). The number of aromatic nitrogens is 1. The van der Waals surface area contributed by atoms with Gasteiger partial charge in [0, 0.05) is 18.2 Å². The van der Waals surface area contributed by atoms with Gasteiger partial charge in [-0.15, -0.1) is 0 Å². The molecule has 3 aromatic rings. The molecule has 0 spiro atoms. The number of alkyl carbamates (subject to hydrolysis) is 1. The molecule has 0 unspecified atom stereocenters. The zero-order chi connectivity index (χ0) is 21.6. The van der Waals surface area contributed by atoms with Gasteiger partial charge < -0.3 is 15.2 Å². The normalized spacial score (nSPS) is 18.8. The lowest BCUT2D eigenvalue weighted by Crippen LogP contribution is -2.36. The molecule has 2 aromatic carbocycles. The molecule has 2 N–H and O–H groups in total. The highest BCUT2D eigenvalue weighted by Crippen LogP contribution is 2.25. The highest BCUT2D eigenvalue weighted by molar-refractivity contribution is 5.72. The number of hydrogen-bond acceptors (Lipinski definition) is 4. The monoisotopic (exact) mass is 416 g/mol. The average molecular weight is 416 g/mol. The van der Waals surface area contributed by atoms with Crippen molar-refractivity contribution in [2.24, 2.45) is 5.92 Å². The number of rotatable bonds is 8. The third-order valence-corrected chi connectivity index (χ3v) is 5.57. The Morgan fingerprint density at radius 1 is 1.00 bits per heavy atom. The van der Waals surface area contributed by atoms with Gasteiger partial charge in [0.1, 0.15) is 6.10 Å². The molecule has 2 heterocycles. The van der Waals surface area contributed by atoms with Crippen molar-refractivity contribution >= 4 is 12.1 Å². The van der Waals surface area contributed by atoms with Crippen LogP contribution in [0.25, 0.3) is 11.3 Å². The van der Waals surface area contributed by atoms with Crippen LogP contribution in [0, 0.1) is 5.92 Å². The van der Waals surface area contributed by atoms with Crippen LogP contribution in [0.3, 0.4) is 0 Å². The predicted molar refractivity (Wildman–Crippen MR) is 116 cm³/mol. The largest absolute Gasteiger partial charge is 0.481 e. The van der Waals surface area contributed by atoms with Crippen LogP contribution in [-0.4, -0.2) is 34.3 Å². The highest BCUT2D eigenvalue weighted by Gasteiger charge is 2.37. The van der Waals surface area contributed by atoms with E-state index in [4.69, 9.17) is 4.74 Å². The van der Waals surface area contributed by atoms with Crippen molar-refractivity contribution in [2.75, 3.05) is 0 Å². The quantitative estimate of drug-likeness (QED) is 0.577. The first-order chi connectivity index (χ1) is 15.1. The molecular weight excluding hydrogens is 392 g/mol. The summed E-state index contributed by atoms with van der Waals surface area (Å²) in [5, 5.41) is 12.6. The number of benzene rings is 2. The molecule has 6 nitrogen and oxygen atoms in total. The lowest BCUT2D eigenvalue weighted by atomic mass is 9.89. The minimum atomic E-state index is -0.893. The van der Waals surface area contributed by atoms with E-state index in [0.717, 1.165) is 22.4 Å². The molecule has 1 saturated heterocycles. The van der Waals surface area contributed by atoms with E-state index in [-0.39, 0.29) is 12.5 Å². The summed E-state index contributed by atoms with van der Waals surface area (Å²) in [6.07, 6.45) is 1.99. The molecule has 158 valence electrons. The van der Waals surface area contributed by atoms with Crippen molar-refractivity contribution in [3.63, 3.8) is 0 Å². The van der Waals surface area contributed by atoms with E-state index in [1.165, 1.54) is 0 Å². The molecular formula is C25H24N2O4. The number of pyridine rings is 1. The number of amides is 1. The van der Waals surface area contributed by atoms with E-state index >= 15 is 0 Å². The maximum atomic E-state index is 12.0. The van der Waals surface area contributed by atoms with Crippen molar-refractivity contribution < 1.29 is 19.4 Å². The summed E-state index contributed by atoms with van der Waals surface area (Å²) in [6.45, 7) is 0. The number of nitrogens with zero attached hydrogens (tertiary/aromatic N) is 1. The number of carbonyl (C=O) groups is 2. The second-order valence-corrected chi connectivity index (χ2v) is 7.77. The zero-order valence-corrected chi connectivity index (χ0v) is 17.0. The molecule has 1 aliphatic rings. The Hall–Kier alpha value is -3.67. The third kappa shape index (κ3) is 5.28. The van der Waals surface area contributed by atoms with Crippen molar-refractivity contribution in [1.82, 2.24) is 10.3 Å². The first-order valence-electron chi connectivity index (χ1n) is 10.3. The number of aliphatic carboxylic acids is 1. The molecule has 0 radical (unpaired) electrons. The van der Waals surface area contributed by atoms with Crippen molar-refractivity contribution in [1.29, 1.82) is 0 Å². The van der Waals surface area contributed by atoms with Crippen LogP contribution < -0.4 is 5.32 Å². The number of nitrogens with one attached hydrogen (secondary N) is 1. The van der Waals surface area contributed by atoms with Crippen LogP contribution in [0.5, 0.6) is 0 Å². The van der Waals surface area contributed by atoms with Crippen LogP contribution in [0.4, 0.5) is 4.79 Å². The minimum Gasteiger partial charge on any atom is -0.481 e. The van der Waals surface area contributed by atoms with Gasteiger partial charge >= 0.3 is 12.1 Å². The molecule has 1 fully saturated rings. The van der Waals surface area contributed by atoms with Gasteiger partial charge in [-0.3, -0.25) is 9.78 Å². The summed E-state index contributed by atoms with van der Waals surface area (Å²) in [5.74, 6) is -1.55. The minimum absolute atomic E-state index is 0.247. The van der Waals surface area contributed by atoms with E-state index in [9.17, 15) is 14.7 Å². The fourth-order valence-electron chi connectivity index (χ4n) is 3.94. The van der Waals surface area contributed by atoms with E-state index in [0.29, 0.717) is 12.8 Å². The van der Waals surface area contributed by atoms with Crippen molar-refractivity contribution in [2.45, 2.75) is 31.4 Å². The Kier molecular flexibility index (Phi) is 6.26. The van der Waals surface area contributed by atoms with Crippen molar-refractivity contribution in [3.05, 3.63) is 90.1 Å². The molecule has 1 aromatic heterocycles. The van der Waals surface area contributed by atoms with Gasteiger partial charge in [-0.2, -0.15) is 0 Å². The molecule has 0 aliphatic carbocycles. The summed E-state index contributed by atoms with van der Waals surface area (Å²) in [5.41, 5.74) is 3.84. The molecule has 6 heteroatoms. The van der Waals surface area contributed by atoms with Gasteiger partial charge in [-0.25, -0.2) is 4.79 Å². The first kappa shape index (κ1) is 20.6. The molecule has 0 bridgehead atoms. The van der Waals surface area contributed by atoms with E-state index < -0.39 is 24.1 Å². The SMILES string of the molecule is O=C1N[C@@H](Cc2ccccc2)[C@H](C[C@H](Cc2ccc(-c3ccccn3)cc2)C(=O)O)O1. The second-order valence-electron chi connectivity index (χ2n) is 7.77. The predicted octanol–water partition coefficient (Wildman–Crippen LogP) is 4.10. The maximum Gasteiger partial charge on any atom is 0.407 e. The molecule has 31 heavy (non-hydrogen) atoms. The van der Waals surface area contributed by atoms with Gasteiger partial charge in [0.2, 0.25) is 0 Å². The summed E-state index contributed by atoms with van der Waals surface area (Å²) >= 11 is 0. The summed E-state index contributed by atoms with van der Waals surface area (Å²) in [7, 11) is 0. The summed E-state index contributed by atoms with van der Waals surface area (Å²) in [4.78, 5) is 28.1. The summed E-state index contributed by atoms with van der Waals surface area (Å²) < 4.78 is 5.42. The zero-order valence-electron chi connectivity index (χ0n) is 17.0. The van der Waals surface area contributed by atoms with Crippen LogP contribution >= 0.6 is 0 Å². The third-order valence-electron chi connectivity index (χ3n) is 5.57. The fourth-order valence-corrected chi connectivity index (χ4v) is 3.94. The Morgan fingerprint density at radius 2 is 1.74 bits per heavy atom. The first-order valence-corrected chi connectivity index (χ1v) is 10.3. The topological polar surface area (TPSA) is 88.5 Å². The van der Waals surface area contributed by atoms with Gasteiger partial charge in [-0.1, -0.05) is 60.7 Å². The average Bonchev–Trinajstić information content (AvgIpc) is 3.13. The number of ether oxygens (including phenoxy) is 1. The van der Waals surface area contributed by atoms with Crippen LogP contribution in [-0.2, 0) is 22.4 Å². The van der Waals surface area contributed by atoms with Crippen LogP contribution in [0.15, 0.2) is 79.0 Å². The van der Waals surface area contributed by atoms with E-state index in [2.05, 4.69) is 10.3 Å². The Morgan fingerprint density at radius 3 is 2.42 bits per heavy atom. The molecule has 1 aliphatic heterocycles. The standard InChI is InChI=1S/C25H24N2O4/c28-24(29)20(14-18-9-11-19(12-10-18)21-8-4-5-13-26-21)16-23-22(27-25(30)31-23)15-17-6-2-1-3-7-17/h1-13,20,22-23H,14-16H2,(H,27,30)(H,28,29)/t20-,22-,23-/m0/s1. The van der Waals surface area contributed by atoms with Gasteiger partial charge in [0.05, 0.1) is 17.7 Å². The number of cyclic esters (lactones) is 1. The lowest BCUT2D eigenvalue weighted by Gasteiger charge is -2.21. The highest BCUT2D eigenvalue weighted by atomic mass is 16.6. The number of carboxylic acid groups (broad SMARTS) is 1. The van der Waals surface area contributed by atoms with E-state index in [1.807, 2.05) is 72.8 Å². The number of hydrogen-bond donors (Lipinski definition) is 2. The fraction of sp³-hybridized carbons (Fsp3) is 0.240. The van der Waals surface area contributed by atoms with Crippen LogP contribution in [0.2, 0.25) is 0 Å². The number of carbonyl (C=O) groups excluding carboxylic acids is 1. The van der Waals surface area contributed by atoms with Gasteiger partial charge in [0.15, 0.2) is 0 Å². The maximum absolute atomic E-state index is 12.0. The number of carboxylic acids is 1. The lowest BCUT2D eigenvalue weighted by molar-refractivity contribution is -0.142. The Bertz CT molecular complexity index is 1020. The summed E-state index contributed by atoms with van der Waals surface area (Å²) in [6, 6.07) is 23.0. The van der Waals surface area contributed by atoms with Gasteiger partial charge in [-0.05, 0) is 36.1 Å². The van der Waals surface area contributed by atoms with Gasteiger partial charge in [0.25, 0.3) is 0 Å².